The average Bonchev–Trinajstić information content (AvgIpc) is 2.48. The summed E-state index contributed by atoms with van der Waals surface area (Å²) in [5.41, 5.74) is 0.736. The van der Waals surface area contributed by atoms with E-state index >= 15 is 0 Å². The molecule has 0 radical (unpaired) electrons. The van der Waals surface area contributed by atoms with Crippen LogP contribution in [-0.4, -0.2) is 61.2 Å². The van der Waals surface area contributed by atoms with Crippen LogP contribution < -0.4 is 10.6 Å². The van der Waals surface area contributed by atoms with Gasteiger partial charge in [-0.1, -0.05) is 18.2 Å². The maximum absolute atomic E-state index is 11.9. The third kappa shape index (κ3) is 4.84. The monoisotopic (exact) mass is 291 g/mol. The van der Waals surface area contributed by atoms with E-state index in [2.05, 4.69) is 15.5 Å². The number of piperazine rings is 1. The lowest BCUT2D eigenvalue weighted by Gasteiger charge is -2.27. The van der Waals surface area contributed by atoms with Gasteiger partial charge in [-0.3, -0.25) is 9.69 Å². The molecule has 1 amide bonds. The van der Waals surface area contributed by atoms with Crippen LogP contribution in [0.15, 0.2) is 24.3 Å². The molecule has 1 heterocycles. The fourth-order valence-corrected chi connectivity index (χ4v) is 2.41. The summed E-state index contributed by atoms with van der Waals surface area (Å²) in [7, 11) is 0. The van der Waals surface area contributed by atoms with Crippen molar-refractivity contribution in [3.05, 3.63) is 35.4 Å². The number of nitrogens with one attached hydrogen (secondary N) is 2. The largest absolute Gasteiger partial charge is 0.478 e. The maximum Gasteiger partial charge on any atom is 0.335 e. The molecular weight excluding hydrogens is 270 g/mol. The molecule has 1 aromatic carbocycles. The van der Waals surface area contributed by atoms with Crippen molar-refractivity contribution >= 4 is 11.9 Å². The molecule has 1 aromatic rings. The van der Waals surface area contributed by atoms with Crippen LogP contribution in [0.1, 0.15) is 15.9 Å². The lowest BCUT2D eigenvalue weighted by atomic mass is 10.0. The minimum Gasteiger partial charge on any atom is -0.478 e. The topological polar surface area (TPSA) is 81.7 Å². The van der Waals surface area contributed by atoms with Crippen molar-refractivity contribution < 1.29 is 14.7 Å². The Kier molecular flexibility index (Phi) is 5.71. The van der Waals surface area contributed by atoms with Crippen molar-refractivity contribution in [2.24, 2.45) is 0 Å². The van der Waals surface area contributed by atoms with Crippen LogP contribution in [0, 0.1) is 0 Å². The van der Waals surface area contributed by atoms with Gasteiger partial charge in [0.15, 0.2) is 0 Å². The van der Waals surface area contributed by atoms with E-state index in [4.69, 9.17) is 5.11 Å². The first-order valence-electron chi connectivity index (χ1n) is 7.18. The van der Waals surface area contributed by atoms with E-state index in [1.165, 1.54) is 6.07 Å². The molecule has 114 valence electrons. The number of benzene rings is 1. The number of carboxylic acids is 1. The van der Waals surface area contributed by atoms with E-state index < -0.39 is 5.97 Å². The summed E-state index contributed by atoms with van der Waals surface area (Å²) in [6.07, 6.45) is 0.101. The van der Waals surface area contributed by atoms with Crippen LogP contribution in [0.4, 0.5) is 0 Å². The van der Waals surface area contributed by atoms with Crippen molar-refractivity contribution in [2.75, 3.05) is 39.3 Å². The van der Waals surface area contributed by atoms with Gasteiger partial charge in [0.05, 0.1) is 12.0 Å². The zero-order chi connectivity index (χ0) is 15.1. The lowest BCUT2D eigenvalue weighted by molar-refractivity contribution is -0.120. The summed E-state index contributed by atoms with van der Waals surface area (Å²) in [6.45, 7) is 5.39. The van der Waals surface area contributed by atoms with Gasteiger partial charge in [0.2, 0.25) is 5.91 Å². The lowest BCUT2D eigenvalue weighted by Crippen LogP contribution is -2.46. The highest BCUT2D eigenvalue weighted by Gasteiger charge is 2.13. The molecule has 0 bridgehead atoms. The summed E-state index contributed by atoms with van der Waals surface area (Å²) in [5, 5.41) is 15.2. The molecular formula is C15H21N3O3. The minimum atomic E-state index is -1.00. The number of carboxylic acid groups (broad SMARTS) is 1. The van der Waals surface area contributed by atoms with E-state index in [0.29, 0.717) is 12.1 Å². The van der Waals surface area contributed by atoms with Crippen molar-refractivity contribution in [3.8, 4) is 0 Å². The summed E-state index contributed by atoms with van der Waals surface area (Å²) in [5.74, 6) is -1.14. The first kappa shape index (κ1) is 15.5. The number of carbonyl (C=O) groups excluding carboxylic acids is 1. The van der Waals surface area contributed by atoms with Gasteiger partial charge in [0.1, 0.15) is 0 Å². The molecule has 6 heteroatoms. The van der Waals surface area contributed by atoms with Gasteiger partial charge in [-0.15, -0.1) is 0 Å². The Bertz CT molecular complexity index is 499. The molecule has 1 fully saturated rings. The van der Waals surface area contributed by atoms with Crippen LogP contribution in [-0.2, 0) is 11.2 Å². The van der Waals surface area contributed by atoms with Gasteiger partial charge < -0.3 is 15.7 Å². The summed E-state index contributed by atoms with van der Waals surface area (Å²) >= 11 is 0. The van der Waals surface area contributed by atoms with E-state index in [1.54, 1.807) is 18.2 Å². The third-order valence-corrected chi connectivity index (χ3v) is 3.56. The Morgan fingerprint density at radius 3 is 2.67 bits per heavy atom. The maximum atomic E-state index is 11.9. The second kappa shape index (κ2) is 7.75. The molecule has 0 unspecified atom stereocenters. The van der Waals surface area contributed by atoms with Gasteiger partial charge in [-0.25, -0.2) is 4.79 Å². The molecule has 6 nitrogen and oxygen atoms in total. The van der Waals surface area contributed by atoms with Gasteiger partial charge >= 0.3 is 5.97 Å². The molecule has 0 spiro atoms. The van der Waals surface area contributed by atoms with E-state index in [-0.39, 0.29) is 17.9 Å². The molecule has 2 rings (SSSR count). The number of rotatable bonds is 6. The van der Waals surface area contributed by atoms with Crippen LogP contribution >= 0.6 is 0 Å². The second-order valence-corrected chi connectivity index (χ2v) is 5.08. The molecule has 1 saturated heterocycles. The van der Waals surface area contributed by atoms with Gasteiger partial charge in [-0.05, 0) is 11.6 Å². The summed E-state index contributed by atoms with van der Waals surface area (Å²) in [6, 6.07) is 6.61. The quantitative estimate of drug-likeness (QED) is 0.684. The molecule has 1 aliphatic heterocycles. The summed E-state index contributed by atoms with van der Waals surface area (Å²) < 4.78 is 0. The molecule has 0 saturated carbocycles. The van der Waals surface area contributed by atoms with E-state index in [0.717, 1.165) is 32.7 Å². The number of hydrogen-bond acceptors (Lipinski definition) is 4. The van der Waals surface area contributed by atoms with E-state index in [9.17, 15) is 9.59 Å². The Morgan fingerprint density at radius 2 is 1.95 bits per heavy atom. The first-order chi connectivity index (χ1) is 10.2. The Labute approximate surface area is 124 Å². The van der Waals surface area contributed by atoms with Crippen LogP contribution in [0.25, 0.3) is 0 Å². The van der Waals surface area contributed by atoms with Crippen molar-refractivity contribution in [1.29, 1.82) is 0 Å². The second-order valence-electron chi connectivity index (χ2n) is 5.08. The fourth-order valence-electron chi connectivity index (χ4n) is 2.41. The number of nitrogens with zero attached hydrogens (tertiary/aromatic N) is 1. The van der Waals surface area contributed by atoms with Crippen LogP contribution in [0.5, 0.6) is 0 Å². The Balaban J connectivity index is 1.78. The predicted octanol–water partition coefficient (Wildman–Crippen LogP) is -0.0513. The first-order valence-corrected chi connectivity index (χ1v) is 7.18. The Hall–Kier alpha value is -1.92. The smallest absolute Gasteiger partial charge is 0.335 e. The predicted molar refractivity (Wildman–Crippen MR) is 79.4 cm³/mol. The number of carbonyl (C=O) groups is 2. The molecule has 1 aliphatic rings. The van der Waals surface area contributed by atoms with Crippen LogP contribution in [0.3, 0.4) is 0 Å². The SMILES string of the molecule is O=C(Cc1ccccc1C(=O)O)NCCN1CCNCC1. The highest BCUT2D eigenvalue weighted by atomic mass is 16.4. The van der Waals surface area contributed by atoms with E-state index in [1.807, 2.05) is 0 Å². The standard InChI is InChI=1S/C15H21N3O3/c19-14(17-7-10-18-8-5-16-6-9-18)11-12-3-1-2-4-13(12)15(20)21/h1-4,16H,5-11H2,(H,17,19)(H,20,21). The highest BCUT2D eigenvalue weighted by molar-refractivity contribution is 5.91. The van der Waals surface area contributed by atoms with Gasteiger partial charge in [0.25, 0.3) is 0 Å². The van der Waals surface area contributed by atoms with Crippen LogP contribution in [0.2, 0.25) is 0 Å². The van der Waals surface area contributed by atoms with Crippen molar-refractivity contribution in [3.63, 3.8) is 0 Å². The molecule has 0 atom stereocenters. The average molecular weight is 291 g/mol. The third-order valence-electron chi connectivity index (χ3n) is 3.56. The Morgan fingerprint density at radius 1 is 1.24 bits per heavy atom. The highest BCUT2D eigenvalue weighted by Crippen LogP contribution is 2.09. The molecule has 0 aliphatic carbocycles. The van der Waals surface area contributed by atoms with Crippen molar-refractivity contribution in [1.82, 2.24) is 15.5 Å². The molecule has 21 heavy (non-hydrogen) atoms. The number of amides is 1. The summed E-state index contributed by atoms with van der Waals surface area (Å²) in [4.78, 5) is 25.3. The zero-order valence-electron chi connectivity index (χ0n) is 12.0. The fraction of sp³-hybridized carbons (Fsp3) is 0.467. The zero-order valence-corrected chi connectivity index (χ0v) is 12.0. The van der Waals surface area contributed by atoms with Crippen molar-refractivity contribution in [2.45, 2.75) is 6.42 Å². The molecule has 0 aromatic heterocycles. The van der Waals surface area contributed by atoms with Gasteiger partial charge in [0, 0.05) is 39.3 Å². The number of hydrogen-bond donors (Lipinski definition) is 3. The molecule has 3 N–H and O–H groups in total. The number of aromatic carboxylic acids is 1. The van der Waals surface area contributed by atoms with Gasteiger partial charge in [-0.2, -0.15) is 0 Å². The minimum absolute atomic E-state index is 0.101. The normalized spacial score (nSPS) is 15.6.